The Hall–Kier alpha value is -4.98. The number of hydrogen-bond acceptors (Lipinski definition) is 10. The number of aliphatic hydroxyl groups excluding tert-OH is 2. The minimum Gasteiger partial charge on any atom is -0.497 e. The predicted molar refractivity (Wildman–Crippen MR) is 256 cm³/mol. The maximum atomic E-state index is 14.7. The van der Waals surface area contributed by atoms with Crippen molar-refractivity contribution in [3.8, 4) is 22.6 Å². The van der Waals surface area contributed by atoms with E-state index in [9.17, 15) is 19.8 Å². The number of anilines is 1. The molecule has 2 bridgehead atoms. The fraction of sp³-hybridized carbons (Fsp3) is 0.509. The van der Waals surface area contributed by atoms with E-state index in [2.05, 4.69) is 55.4 Å². The zero-order chi connectivity index (χ0) is 46.7. The van der Waals surface area contributed by atoms with Crippen molar-refractivity contribution in [2.75, 3.05) is 53.4 Å². The first-order valence-corrected chi connectivity index (χ1v) is 23.2. The van der Waals surface area contributed by atoms with Crippen LogP contribution in [-0.4, -0.2) is 111 Å². The number of nitrogens with one attached hydrogen (secondary N) is 2. The van der Waals surface area contributed by atoms with Crippen molar-refractivity contribution in [3.63, 3.8) is 0 Å². The molecule has 4 N–H and O–H groups in total. The van der Waals surface area contributed by atoms with Gasteiger partial charge in [-0.25, -0.2) is 0 Å². The number of aliphatic hydroxyl groups is 2. The predicted octanol–water partition coefficient (Wildman–Crippen LogP) is 6.82. The number of fused-ring (bicyclic) bond motifs is 2. The third kappa shape index (κ3) is 10.4. The number of rotatable bonds is 18. The summed E-state index contributed by atoms with van der Waals surface area (Å²) < 4.78 is 12.3. The van der Waals surface area contributed by atoms with Crippen molar-refractivity contribution in [2.24, 2.45) is 35.0 Å². The number of para-hydroxylation sites is 1. The SMILES string of the molecule is COc1ccc(COc2c(CN3O[C@@H](CO)[C@H]([C@H](C)O)[C@H]3C(=O)NC3[C@@H](C)[C@H]4C[C@@H]([C@@H]3C)C4(C)C)cccc2-c2cc(C(=O)N[C@@H](Cc3ccccc3)CN(C)C)cc(N(C)C)c2)cc1. The Morgan fingerprint density at radius 2 is 1.62 bits per heavy atom. The average Bonchev–Trinajstić information content (AvgIpc) is 3.65. The summed E-state index contributed by atoms with van der Waals surface area (Å²) in [7, 11) is 9.55. The highest BCUT2D eigenvalue weighted by Crippen LogP contribution is 2.63. The summed E-state index contributed by atoms with van der Waals surface area (Å²) in [5, 5.41) is 30.2. The first kappa shape index (κ1) is 48.0. The van der Waals surface area contributed by atoms with Gasteiger partial charge in [-0.3, -0.25) is 14.4 Å². The highest BCUT2D eigenvalue weighted by atomic mass is 16.7. The van der Waals surface area contributed by atoms with Crippen LogP contribution in [0.3, 0.4) is 0 Å². The van der Waals surface area contributed by atoms with Gasteiger partial charge < -0.3 is 40.1 Å². The highest BCUT2D eigenvalue weighted by molar-refractivity contribution is 5.97. The summed E-state index contributed by atoms with van der Waals surface area (Å²) in [6.45, 7) is 11.5. The van der Waals surface area contributed by atoms with Crippen LogP contribution in [0.1, 0.15) is 68.1 Å². The summed E-state index contributed by atoms with van der Waals surface area (Å²) in [5.74, 6) is 1.79. The third-order valence-electron chi connectivity index (χ3n) is 14.7. The lowest BCUT2D eigenvalue weighted by Gasteiger charge is -2.65. The fourth-order valence-electron chi connectivity index (χ4n) is 11.2. The lowest BCUT2D eigenvalue weighted by molar-refractivity contribution is -0.185. The number of methoxy groups -OCH3 is 1. The molecule has 4 fully saturated rings. The number of hydroxylamine groups is 2. The largest absolute Gasteiger partial charge is 0.497 e. The Labute approximate surface area is 386 Å². The second-order valence-electron chi connectivity index (χ2n) is 19.9. The standard InChI is InChI=1S/C53H71N5O7/c1-32-44-27-45(53(44,4)5)33(2)48(32)55-52(62)49-47(34(3)60)46(30-59)65-58(49)28-37-17-14-18-43(50(37)64-31-36-19-21-42(63-10)22-20-36)38-24-39(26-41(25-38)57(8)9)51(61)54-40(29-56(6)7)23-35-15-12-11-13-16-35/h11-22,24-26,32-34,40,44-49,59-60H,23,27-31H2,1-10H3,(H,54,61)(H,55,62)/t32-,33-,34-,40-,44-,45+,46-,47-,48?,49-/m0/s1. The highest BCUT2D eigenvalue weighted by Gasteiger charge is 2.60. The third-order valence-corrected chi connectivity index (χ3v) is 14.7. The van der Waals surface area contributed by atoms with E-state index in [1.54, 1.807) is 19.1 Å². The van der Waals surface area contributed by atoms with Gasteiger partial charge in [0.15, 0.2) is 0 Å². The maximum absolute atomic E-state index is 14.7. The van der Waals surface area contributed by atoms with Crippen molar-refractivity contribution in [1.82, 2.24) is 20.6 Å². The first-order valence-electron chi connectivity index (χ1n) is 23.2. The summed E-state index contributed by atoms with van der Waals surface area (Å²) in [5.41, 5.74) is 5.88. The van der Waals surface area contributed by atoms with Crippen LogP contribution in [0, 0.1) is 35.0 Å². The molecule has 2 amide bonds. The number of nitrogens with zero attached hydrogens (tertiary/aromatic N) is 3. The van der Waals surface area contributed by atoms with Crippen LogP contribution in [0.25, 0.3) is 11.1 Å². The molecule has 12 nitrogen and oxygen atoms in total. The summed E-state index contributed by atoms with van der Waals surface area (Å²) in [6.07, 6.45) is 0.108. The van der Waals surface area contributed by atoms with Crippen LogP contribution in [0.5, 0.6) is 11.5 Å². The first-order chi connectivity index (χ1) is 31.0. The number of carbonyl (C=O) groups excluding carboxylic acids is 2. The van der Waals surface area contributed by atoms with Crippen molar-refractivity contribution in [2.45, 2.75) is 90.9 Å². The van der Waals surface area contributed by atoms with Gasteiger partial charge in [-0.2, -0.15) is 5.06 Å². The summed E-state index contributed by atoms with van der Waals surface area (Å²) in [6, 6.07) is 28.6. The molecule has 0 aromatic heterocycles. The van der Waals surface area contributed by atoms with Crippen molar-refractivity contribution in [1.29, 1.82) is 0 Å². The Morgan fingerprint density at radius 3 is 2.22 bits per heavy atom. The molecule has 0 spiro atoms. The van der Waals surface area contributed by atoms with Crippen molar-refractivity contribution >= 4 is 17.5 Å². The monoisotopic (exact) mass is 890 g/mol. The van der Waals surface area contributed by atoms with Crippen molar-refractivity contribution in [3.05, 3.63) is 113 Å². The number of hydrogen-bond donors (Lipinski definition) is 4. The lowest BCUT2D eigenvalue weighted by atomic mass is 9.41. The van der Waals surface area contributed by atoms with E-state index >= 15 is 0 Å². The van der Waals surface area contributed by atoms with Crippen LogP contribution in [0.4, 0.5) is 5.69 Å². The van der Waals surface area contributed by atoms with Crippen LogP contribution in [-0.2, 0) is 29.2 Å². The molecule has 4 aliphatic rings. The molecule has 1 heterocycles. The van der Waals surface area contributed by atoms with E-state index in [0.717, 1.165) is 39.3 Å². The molecule has 8 rings (SSSR count). The molecule has 1 aliphatic heterocycles. The van der Waals surface area contributed by atoms with Gasteiger partial charge in [-0.15, -0.1) is 0 Å². The zero-order valence-corrected chi connectivity index (χ0v) is 40.0. The molecule has 12 heteroatoms. The fourth-order valence-corrected chi connectivity index (χ4v) is 11.2. The molecule has 1 unspecified atom stereocenters. The van der Waals surface area contributed by atoms with Gasteiger partial charge in [-0.1, -0.05) is 88.4 Å². The smallest absolute Gasteiger partial charge is 0.251 e. The van der Waals surface area contributed by atoms with Gasteiger partial charge in [0.1, 0.15) is 30.3 Å². The molecule has 0 radical (unpaired) electrons. The van der Waals surface area contributed by atoms with E-state index in [1.807, 2.05) is 112 Å². The van der Waals surface area contributed by atoms with Crippen LogP contribution >= 0.6 is 0 Å². The molecule has 10 atom stereocenters. The zero-order valence-electron chi connectivity index (χ0n) is 40.0. The Morgan fingerprint density at radius 1 is 0.923 bits per heavy atom. The molecule has 3 saturated carbocycles. The molecule has 3 aliphatic carbocycles. The van der Waals surface area contributed by atoms with E-state index < -0.39 is 24.2 Å². The summed E-state index contributed by atoms with van der Waals surface area (Å²) >= 11 is 0. The Balaban J connectivity index is 1.25. The number of likely N-dealkylation sites (N-methyl/N-ethyl adjacent to an activating group) is 1. The van der Waals surface area contributed by atoms with Gasteiger partial charge in [0.2, 0.25) is 5.91 Å². The van der Waals surface area contributed by atoms with E-state index in [4.69, 9.17) is 14.3 Å². The maximum Gasteiger partial charge on any atom is 0.251 e. The average molecular weight is 890 g/mol. The van der Waals surface area contributed by atoms with Gasteiger partial charge in [0, 0.05) is 61.0 Å². The molecule has 1 saturated heterocycles. The number of amides is 2. The van der Waals surface area contributed by atoms with Gasteiger partial charge in [-0.05, 0) is 110 Å². The normalized spacial score (nSPS) is 25.6. The summed E-state index contributed by atoms with van der Waals surface area (Å²) in [4.78, 5) is 39.6. The number of ether oxygens (including phenoxy) is 2. The Bertz CT molecular complexity index is 2230. The molecule has 65 heavy (non-hydrogen) atoms. The van der Waals surface area contributed by atoms with E-state index in [1.165, 1.54) is 6.42 Å². The van der Waals surface area contributed by atoms with Gasteiger partial charge in [0.05, 0.1) is 26.4 Å². The molecular weight excluding hydrogens is 819 g/mol. The molecular formula is C53H71N5O7. The minimum atomic E-state index is -0.943. The molecule has 4 aromatic carbocycles. The lowest BCUT2D eigenvalue weighted by Crippen LogP contribution is -2.66. The van der Waals surface area contributed by atoms with E-state index in [-0.39, 0.29) is 60.9 Å². The Kier molecular flexibility index (Phi) is 15.0. The molecule has 350 valence electrons. The van der Waals surface area contributed by atoms with Crippen LogP contribution < -0.4 is 25.0 Å². The minimum absolute atomic E-state index is 0.0254. The number of carbonyl (C=O) groups is 2. The number of benzene rings is 4. The quantitative estimate of drug-likeness (QED) is 0.0844. The van der Waals surface area contributed by atoms with Gasteiger partial charge >= 0.3 is 0 Å². The van der Waals surface area contributed by atoms with E-state index in [0.29, 0.717) is 36.1 Å². The second kappa shape index (κ2) is 20.3. The van der Waals surface area contributed by atoms with Crippen molar-refractivity contribution < 1.29 is 34.1 Å². The van der Waals surface area contributed by atoms with Crippen LogP contribution in [0.15, 0.2) is 91.0 Å². The van der Waals surface area contributed by atoms with Gasteiger partial charge in [0.25, 0.3) is 5.91 Å². The second-order valence-corrected chi connectivity index (χ2v) is 19.9. The topological polar surface area (TPSA) is 136 Å². The van der Waals surface area contributed by atoms with Crippen LogP contribution in [0.2, 0.25) is 0 Å². The molecule has 4 aromatic rings.